The third-order valence-electron chi connectivity index (χ3n) is 2.16. The molecule has 0 aliphatic rings. The molecule has 15 heavy (non-hydrogen) atoms. The lowest BCUT2D eigenvalue weighted by Gasteiger charge is -2.04. The molecule has 1 rings (SSSR count). The van der Waals surface area contributed by atoms with Crippen LogP contribution in [0.5, 0.6) is 0 Å². The monoisotopic (exact) mass is 229 g/mol. The smallest absolute Gasteiger partial charge is 0.231 e. The first-order chi connectivity index (χ1) is 7.17. The predicted molar refractivity (Wildman–Crippen MR) is 62.8 cm³/mol. The lowest BCUT2D eigenvalue weighted by atomic mass is 10.1. The van der Waals surface area contributed by atoms with Gasteiger partial charge in [0.25, 0.3) is 0 Å². The molecule has 0 saturated heterocycles. The lowest BCUT2D eigenvalue weighted by Crippen LogP contribution is -2.11. The molecule has 1 aromatic heterocycles. The van der Waals surface area contributed by atoms with Gasteiger partial charge in [-0.2, -0.15) is 16.7 Å². The average Bonchev–Trinajstić information content (AvgIpc) is 2.65. The highest BCUT2D eigenvalue weighted by Gasteiger charge is 2.15. The quantitative estimate of drug-likeness (QED) is 0.809. The Kier molecular flexibility index (Phi) is 5.11. The summed E-state index contributed by atoms with van der Waals surface area (Å²) in [6, 6.07) is 0. The molecule has 1 atom stereocenters. The van der Waals surface area contributed by atoms with Crippen LogP contribution in [0.1, 0.15) is 44.8 Å². The summed E-state index contributed by atoms with van der Waals surface area (Å²) in [6.45, 7) is 6.94. The maximum Gasteiger partial charge on any atom is 0.231 e. The van der Waals surface area contributed by atoms with Gasteiger partial charge in [-0.25, -0.2) is 0 Å². The van der Waals surface area contributed by atoms with Gasteiger partial charge in [0.1, 0.15) is 0 Å². The molecule has 0 amide bonds. The minimum Gasteiger partial charge on any atom is -0.339 e. The van der Waals surface area contributed by atoms with Crippen LogP contribution in [0.2, 0.25) is 0 Å². The Balaban J connectivity index is 2.55. The van der Waals surface area contributed by atoms with E-state index < -0.39 is 0 Å². The fourth-order valence-corrected chi connectivity index (χ4v) is 1.77. The van der Waals surface area contributed by atoms with E-state index in [0.29, 0.717) is 17.7 Å². The Morgan fingerprint density at radius 3 is 2.73 bits per heavy atom. The molecule has 0 spiro atoms. The van der Waals surface area contributed by atoms with E-state index in [4.69, 9.17) is 10.3 Å². The molecule has 0 fully saturated rings. The summed E-state index contributed by atoms with van der Waals surface area (Å²) in [5, 5.41) is 4.53. The van der Waals surface area contributed by atoms with Crippen molar-refractivity contribution in [3.8, 4) is 0 Å². The summed E-state index contributed by atoms with van der Waals surface area (Å²) >= 11 is 1.81. The van der Waals surface area contributed by atoms with Crippen LogP contribution in [0.3, 0.4) is 0 Å². The van der Waals surface area contributed by atoms with Crippen molar-refractivity contribution in [2.75, 3.05) is 6.54 Å². The molecule has 2 N–H and O–H groups in total. The first-order valence-corrected chi connectivity index (χ1v) is 6.36. The number of hydrogen-bond donors (Lipinski definition) is 1. The van der Waals surface area contributed by atoms with E-state index in [2.05, 4.69) is 30.9 Å². The Bertz CT molecular complexity index is 284. The number of hydrogen-bond acceptors (Lipinski definition) is 5. The van der Waals surface area contributed by atoms with Crippen molar-refractivity contribution in [3.05, 3.63) is 11.7 Å². The largest absolute Gasteiger partial charge is 0.339 e. The van der Waals surface area contributed by atoms with Gasteiger partial charge in [0.15, 0.2) is 5.82 Å². The topological polar surface area (TPSA) is 64.9 Å². The van der Waals surface area contributed by atoms with Crippen LogP contribution in [0, 0.1) is 0 Å². The van der Waals surface area contributed by atoms with E-state index in [1.54, 1.807) is 0 Å². The highest BCUT2D eigenvalue weighted by Crippen LogP contribution is 2.19. The maximum atomic E-state index is 5.61. The van der Waals surface area contributed by atoms with E-state index in [0.717, 1.165) is 18.0 Å². The number of aromatic nitrogens is 2. The van der Waals surface area contributed by atoms with Crippen molar-refractivity contribution >= 4 is 11.8 Å². The fraction of sp³-hybridized carbons (Fsp3) is 0.800. The molecule has 0 aliphatic heterocycles. The summed E-state index contributed by atoms with van der Waals surface area (Å²) in [4.78, 5) is 4.35. The van der Waals surface area contributed by atoms with Gasteiger partial charge in [0.2, 0.25) is 5.89 Å². The van der Waals surface area contributed by atoms with Crippen molar-refractivity contribution in [1.29, 1.82) is 0 Å². The summed E-state index contributed by atoms with van der Waals surface area (Å²) in [5.74, 6) is 2.47. The second-order valence-corrected chi connectivity index (χ2v) is 5.31. The van der Waals surface area contributed by atoms with Crippen molar-refractivity contribution < 1.29 is 4.52 Å². The molecular formula is C10H19N3OS. The SMILES string of the molecule is CCC(CN)c1nc(CSC(C)C)no1. The van der Waals surface area contributed by atoms with Crippen LogP contribution >= 0.6 is 11.8 Å². The second kappa shape index (κ2) is 6.12. The minimum atomic E-state index is 0.204. The van der Waals surface area contributed by atoms with Gasteiger partial charge in [-0.05, 0) is 11.7 Å². The molecule has 0 saturated carbocycles. The third-order valence-corrected chi connectivity index (χ3v) is 3.25. The summed E-state index contributed by atoms with van der Waals surface area (Å²) in [7, 11) is 0. The van der Waals surface area contributed by atoms with Crippen LogP contribution in [0.4, 0.5) is 0 Å². The molecule has 0 bridgehead atoms. The minimum absolute atomic E-state index is 0.204. The Hall–Kier alpha value is -0.550. The number of rotatable bonds is 6. The van der Waals surface area contributed by atoms with Crippen molar-refractivity contribution in [3.63, 3.8) is 0 Å². The predicted octanol–water partition coefficient (Wildman–Crippen LogP) is 2.16. The highest BCUT2D eigenvalue weighted by atomic mass is 32.2. The third kappa shape index (κ3) is 3.83. The van der Waals surface area contributed by atoms with Crippen molar-refractivity contribution in [1.82, 2.24) is 10.1 Å². The lowest BCUT2D eigenvalue weighted by molar-refractivity contribution is 0.348. The highest BCUT2D eigenvalue weighted by molar-refractivity contribution is 7.99. The van der Waals surface area contributed by atoms with Crippen LogP contribution in [0.15, 0.2) is 4.52 Å². The van der Waals surface area contributed by atoms with Gasteiger partial charge in [-0.3, -0.25) is 0 Å². The van der Waals surface area contributed by atoms with Gasteiger partial charge >= 0.3 is 0 Å². The van der Waals surface area contributed by atoms with Gasteiger partial charge in [0.05, 0.1) is 11.7 Å². The number of thioether (sulfide) groups is 1. The zero-order valence-corrected chi connectivity index (χ0v) is 10.4. The van der Waals surface area contributed by atoms with Crippen LogP contribution in [-0.4, -0.2) is 21.9 Å². The van der Waals surface area contributed by atoms with Crippen LogP contribution in [0.25, 0.3) is 0 Å². The first-order valence-electron chi connectivity index (χ1n) is 5.31. The molecule has 1 heterocycles. The summed E-state index contributed by atoms with van der Waals surface area (Å²) < 4.78 is 5.19. The normalized spacial score (nSPS) is 13.4. The molecular weight excluding hydrogens is 210 g/mol. The Morgan fingerprint density at radius 2 is 2.20 bits per heavy atom. The maximum absolute atomic E-state index is 5.61. The van der Waals surface area contributed by atoms with E-state index >= 15 is 0 Å². The van der Waals surface area contributed by atoms with E-state index in [9.17, 15) is 0 Å². The molecule has 0 aliphatic carbocycles. The van der Waals surface area contributed by atoms with Gasteiger partial charge in [-0.15, -0.1) is 0 Å². The van der Waals surface area contributed by atoms with E-state index in [-0.39, 0.29) is 5.92 Å². The standard InChI is InChI=1S/C10H19N3OS/c1-4-8(5-11)10-12-9(13-14-10)6-15-7(2)3/h7-8H,4-6,11H2,1-3H3. The Morgan fingerprint density at radius 1 is 1.47 bits per heavy atom. The van der Waals surface area contributed by atoms with Crippen molar-refractivity contribution in [2.45, 2.75) is 44.1 Å². The number of nitrogens with two attached hydrogens (primary N) is 1. The van der Waals surface area contributed by atoms with Crippen molar-refractivity contribution in [2.24, 2.45) is 5.73 Å². The van der Waals surface area contributed by atoms with Crippen LogP contribution in [-0.2, 0) is 5.75 Å². The summed E-state index contributed by atoms with van der Waals surface area (Å²) in [6.07, 6.45) is 0.940. The average molecular weight is 229 g/mol. The van der Waals surface area contributed by atoms with Gasteiger partial charge in [-0.1, -0.05) is 25.9 Å². The molecule has 1 aromatic rings. The molecule has 4 nitrogen and oxygen atoms in total. The zero-order chi connectivity index (χ0) is 11.3. The molecule has 0 aromatic carbocycles. The Labute approximate surface area is 95.0 Å². The molecule has 5 heteroatoms. The van der Waals surface area contributed by atoms with E-state index in [1.807, 2.05) is 11.8 Å². The van der Waals surface area contributed by atoms with Gasteiger partial charge in [0, 0.05) is 6.54 Å². The van der Waals surface area contributed by atoms with Crippen LogP contribution < -0.4 is 5.73 Å². The second-order valence-electron chi connectivity index (χ2n) is 3.75. The van der Waals surface area contributed by atoms with Gasteiger partial charge < -0.3 is 10.3 Å². The number of nitrogens with zero attached hydrogens (tertiary/aromatic N) is 2. The molecule has 86 valence electrons. The summed E-state index contributed by atoms with van der Waals surface area (Å²) in [5.41, 5.74) is 5.61. The zero-order valence-electron chi connectivity index (χ0n) is 9.56. The first kappa shape index (κ1) is 12.5. The fourth-order valence-electron chi connectivity index (χ4n) is 1.18. The van der Waals surface area contributed by atoms with E-state index in [1.165, 1.54) is 0 Å². The molecule has 1 unspecified atom stereocenters. The molecule has 0 radical (unpaired) electrons.